The molecular formula is C15H21N5O. The molecule has 0 radical (unpaired) electrons. The van der Waals surface area contributed by atoms with Gasteiger partial charge >= 0.3 is 0 Å². The number of benzene rings is 1. The smallest absolute Gasteiger partial charge is 0.241 e. The molecular weight excluding hydrogens is 266 g/mol. The third-order valence-corrected chi connectivity index (χ3v) is 3.55. The molecule has 112 valence electrons. The van der Waals surface area contributed by atoms with Crippen molar-refractivity contribution >= 4 is 11.6 Å². The monoisotopic (exact) mass is 287 g/mol. The fraction of sp³-hybridized carbons (Fsp3) is 0.400. The van der Waals surface area contributed by atoms with Gasteiger partial charge < -0.3 is 11.1 Å². The third-order valence-electron chi connectivity index (χ3n) is 3.55. The lowest BCUT2D eigenvalue weighted by Gasteiger charge is -2.17. The Morgan fingerprint density at radius 1 is 1.48 bits per heavy atom. The summed E-state index contributed by atoms with van der Waals surface area (Å²) < 4.78 is 0. The van der Waals surface area contributed by atoms with Crippen LogP contribution < -0.4 is 11.1 Å². The van der Waals surface area contributed by atoms with Crippen LogP contribution in [0.4, 0.5) is 5.69 Å². The number of rotatable bonds is 5. The number of amides is 1. The number of nitrogens with zero attached hydrogens (tertiary/aromatic N) is 2. The first-order valence-electron chi connectivity index (χ1n) is 7.07. The Bertz CT molecular complexity index is 622. The number of nitrogens with two attached hydrogens (primary N) is 1. The van der Waals surface area contributed by atoms with E-state index in [1.54, 1.807) is 0 Å². The number of aryl methyl sites for hydroxylation is 1. The molecule has 6 heteroatoms. The molecule has 0 saturated carbocycles. The van der Waals surface area contributed by atoms with Gasteiger partial charge in [0.15, 0.2) is 5.82 Å². The van der Waals surface area contributed by atoms with Crippen molar-refractivity contribution in [1.29, 1.82) is 0 Å². The second kappa shape index (κ2) is 6.49. The molecule has 0 saturated heterocycles. The van der Waals surface area contributed by atoms with Crippen LogP contribution in [-0.4, -0.2) is 27.1 Å². The van der Waals surface area contributed by atoms with Gasteiger partial charge in [-0.05, 0) is 25.0 Å². The summed E-state index contributed by atoms with van der Waals surface area (Å²) in [6, 6.07) is 6.90. The van der Waals surface area contributed by atoms with E-state index in [0.29, 0.717) is 11.5 Å². The van der Waals surface area contributed by atoms with Crippen LogP contribution >= 0.6 is 0 Å². The Labute approximate surface area is 124 Å². The Kier molecular flexibility index (Phi) is 4.70. The van der Waals surface area contributed by atoms with Crippen molar-refractivity contribution in [2.75, 3.05) is 5.32 Å². The lowest BCUT2D eigenvalue weighted by atomic mass is 9.99. The maximum atomic E-state index is 12.1. The van der Waals surface area contributed by atoms with Gasteiger partial charge in [0.25, 0.3) is 0 Å². The zero-order valence-corrected chi connectivity index (χ0v) is 12.6. The zero-order valence-electron chi connectivity index (χ0n) is 12.6. The molecule has 2 rings (SSSR count). The van der Waals surface area contributed by atoms with Gasteiger partial charge in [0, 0.05) is 11.3 Å². The Balaban J connectivity index is 2.13. The van der Waals surface area contributed by atoms with Gasteiger partial charge in [0.1, 0.15) is 5.82 Å². The van der Waals surface area contributed by atoms with E-state index >= 15 is 0 Å². The van der Waals surface area contributed by atoms with Gasteiger partial charge in [-0.3, -0.25) is 9.89 Å². The van der Waals surface area contributed by atoms with Crippen molar-refractivity contribution in [2.24, 2.45) is 11.7 Å². The molecule has 0 aliphatic carbocycles. The lowest BCUT2D eigenvalue weighted by molar-refractivity contribution is -0.118. The predicted octanol–water partition coefficient (Wildman–Crippen LogP) is 2.09. The second-order valence-electron chi connectivity index (χ2n) is 5.23. The predicted molar refractivity (Wildman–Crippen MR) is 82.6 cm³/mol. The molecule has 0 spiro atoms. The van der Waals surface area contributed by atoms with Crippen LogP contribution in [0.25, 0.3) is 11.4 Å². The number of carbonyl (C=O) groups is 1. The van der Waals surface area contributed by atoms with Gasteiger partial charge in [-0.25, -0.2) is 4.98 Å². The molecule has 1 aromatic carbocycles. The molecule has 1 aromatic heterocycles. The highest BCUT2D eigenvalue weighted by molar-refractivity contribution is 5.95. The molecule has 1 amide bonds. The molecule has 0 bridgehead atoms. The topological polar surface area (TPSA) is 96.7 Å². The largest absolute Gasteiger partial charge is 0.325 e. The third kappa shape index (κ3) is 3.66. The van der Waals surface area contributed by atoms with Crippen molar-refractivity contribution in [2.45, 2.75) is 33.2 Å². The number of hydrogen-bond acceptors (Lipinski definition) is 4. The summed E-state index contributed by atoms with van der Waals surface area (Å²) in [5, 5.41) is 9.75. The summed E-state index contributed by atoms with van der Waals surface area (Å²) in [7, 11) is 0. The molecule has 2 unspecified atom stereocenters. The standard InChI is InChI=1S/C15H21N5O/c1-4-9(2)13(16)15(21)18-12-7-5-6-11(8-12)14-17-10(3)19-20-14/h5-9,13H,4,16H2,1-3H3,(H,18,21)(H,17,19,20). The van der Waals surface area contributed by atoms with Crippen LogP contribution in [0.5, 0.6) is 0 Å². The summed E-state index contributed by atoms with van der Waals surface area (Å²) in [6.45, 7) is 5.83. The highest BCUT2D eigenvalue weighted by atomic mass is 16.2. The van der Waals surface area contributed by atoms with E-state index in [2.05, 4.69) is 20.5 Å². The van der Waals surface area contributed by atoms with E-state index in [1.165, 1.54) is 0 Å². The molecule has 2 atom stereocenters. The minimum absolute atomic E-state index is 0.142. The van der Waals surface area contributed by atoms with E-state index in [9.17, 15) is 4.79 Å². The molecule has 6 nitrogen and oxygen atoms in total. The SMILES string of the molecule is CCC(C)C(N)C(=O)Nc1cccc(-c2n[nH]c(C)n2)c1. The van der Waals surface area contributed by atoms with Crippen LogP contribution in [0.1, 0.15) is 26.1 Å². The number of aromatic nitrogens is 3. The van der Waals surface area contributed by atoms with Gasteiger partial charge in [-0.15, -0.1) is 0 Å². The minimum atomic E-state index is -0.510. The quantitative estimate of drug-likeness (QED) is 0.784. The van der Waals surface area contributed by atoms with Crippen LogP contribution in [0, 0.1) is 12.8 Å². The first kappa shape index (κ1) is 15.2. The van der Waals surface area contributed by atoms with Gasteiger partial charge in [0.05, 0.1) is 6.04 Å². The van der Waals surface area contributed by atoms with Gasteiger partial charge in [0.2, 0.25) is 5.91 Å². The van der Waals surface area contributed by atoms with Gasteiger partial charge in [-0.1, -0.05) is 32.4 Å². The highest BCUT2D eigenvalue weighted by Gasteiger charge is 2.19. The average molecular weight is 287 g/mol. The molecule has 21 heavy (non-hydrogen) atoms. The fourth-order valence-electron chi connectivity index (χ4n) is 1.95. The highest BCUT2D eigenvalue weighted by Crippen LogP contribution is 2.19. The number of hydrogen-bond donors (Lipinski definition) is 3. The van der Waals surface area contributed by atoms with E-state index < -0.39 is 6.04 Å². The number of carbonyl (C=O) groups excluding carboxylic acids is 1. The average Bonchev–Trinajstić information content (AvgIpc) is 2.92. The normalized spacial score (nSPS) is 13.7. The lowest BCUT2D eigenvalue weighted by Crippen LogP contribution is -2.40. The first-order chi connectivity index (χ1) is 10.0. The van der Waals surface area contributed by atoms with Crippen molar-refractivity contribution in [1.82, 2.24) is 15.2 Å². The van der Waals surface area contributed by atoms with Crippen LogP contribution in [0.15, 0.2) is 24.3 Å². The Morgan fingerprint density at radius 3 is 2.86 bits per heavy atom. The van der Waals surface area contributed by atoms with E-state index in [0.717, 1.165) is 17.8 Å². The second-order valence-corrected chi connectivity index (χ2v) is 5.23. The van der Waals surface area contributed by atoms with Crippen LogP contribution in [0.2, 0.25) is 0 Å². The van der Waals surface area contributed by atoms with Crippen molar-refractivity contribution in [3.63, 3.8) is 0 Å². The van der Waals surface area contributed by atoms with Crippen molar-refractivity contribution in [3.05, 3.63) is 30.1 Å². The van der Waals surface area contributed by atoms with Crippen molar-refractivity contribution in [3.8, 4) is 11.4 Å². The Morgan fingerprint density at radius 2 is 2.24 bits per heavy atom. The minimum Gasteiger partial charge on any atom is -0.325 e. The van der Waals surface area contributed by atoms with E-state index in [-0.39, 0.29) is 11.8 Å². The van der Waals surface area contributed by atoms with Crippen LogP contribution in [0.3, 0.4) is 0 Å². The molecule has 1 heterocycles. The summed E-state index contributed by atoms with van der Waals surface area (Å²) >= 11 is 0. The van der Waals surface area contributed by atoms with E-state index in [1.807, 2.05) is 45.0 Å². The summed E-state index contributed by atoms with van der Waals surface area (Å²) in [6.07, 6.45) is 0.866. The number of nitrogens with one attached hydrogen (secondary N) is 2. The molecule has 2 aromatic rings. The molecule has 0 aliphatic heterocycles. The van der Waals surface area contributed by atoms with Crippen LogP contribution in [-0.2, 0) is 4.79 Å². The van der Waals surface area contributed by atoms with Gasteiger partial charge in [-0.2, -0.15) is 5.10 Å². The number of aromatic amines is 1. The summed E-state index contributed by atoms with van der Waals surface area (Å²) in [5.41, 5.74) is 7.47. The maximum Gasteiger partial charge on any atom is 0.241 e. The van der Waals surface area contributed by atoms with Crippen molar-refractivity contribution < 1.29 is 4.79 Å². The molecule has 4 N–H and O–H groups in total. The molecule has 0 aliphatic rings. The first-order valence-corrected chi connectivity index (χ1v) is 7.07. The zero-order chi connectivity index (χ0) is 15.4. The fourth-order valence-corrected chi connectivity index (χ4v) is 1.95. The number of anilines is 1. The summed E-state index contributed by atoms with van der Waals surface area (Å²) in [5.74, 6) is 1.32. The molecule has 0 fully saturated rings. The van der Waals surface area contributed by atoms with E-state index in [4.69, 9.17) is 5.73 Å². The number of H-pyrrole nitrogens is 1. The Hall–Kier alpha value is -2.21. The summed E-state index contributed by atoms with van der Waals surface area (Å²) in [4.78, 5) is 16.4. The maximum absolute atomic E-state index is 12.1.